The quantitative estimate of drug-likeness (QED) is 0.375. The van der Waals surface area contributed by atoms with Gasteiger partial charge in [-0.15, -0.1) is 36.4 Å². The molecule has 1 nitrogen and oxygen atoms in total. The van der Waals surface area contributed by atoms with E-state index in [2.05, 4.69) is 12.6 Å². The standard InChI is InChI=1S/CHNS.ClH.HI/c2-1-3;;/h3H;2*1H. The lowest BCUT2D eigenvalue weighted by Gasteiger charge is -1.14. The Morgan fingerprint density at radius 2 is 1.60 bits per heavy atom. The Balaban J connectivity index is -0.0000000200. The summed E-state index contributed by atoms with van der Waals surface area (Å²) in [5.74, 6) is 0. The van der Waals surface area contributed by atoms with Gasteiger partial charge in [-0.2, -0.15) is 5.26 Å². The average molecular weight is 223 g/mol. The van der Waals surface area contributed by atoms with Crippen LogP contribution in [0.5, 0.6) is 0 Å². The molecule has 0 saturated carbocycles. The van der Waals surface area contributed by atoms with E-state index in [0.717, 1.165) is 0 Å². The number of thiol groups is 1. The maximum atomic E-state index is 7.18. The normalized spacial score (nSPS) is 1.60. The summed E-state index contributed by atoms with van der Waals surface area (Å²) in [7, 11) is 0. The van der Waals surface area contributed by atoms with Crippen LogP contribution in [0.25, 0.3) is 0 Å². The maximum Gasteiger partial charge on any atom is 0.130 e. The molecule has 0 fully saturated rings. The highest BCUT2D eigenvalue weighted by atomic mass is 127. The van der Waals surface area contributed by atoms with Gasteiger partial charge in [0.2, 0.25) is 0 Å². The summed E-state index contributed by atoms with van der Waals surface area (Å²) in [4.78, 5) is 0. The molecule has 0 aliphatic carbocycles. The highest BCUT2D eigenvalue weighted by Gasteiger charge is 1.18. The molecular weight excluding hydrogens is 220 g/mol. The van der Waals surface area contributed by atoms with Crippen molar-refractivity contribution in [1.82, 2.24) is 0 Å². The van der Waals surface area contributed by atoms with Gasteiger partial charge in [-0.05, 0) is 0 Å². The van der Waals surface area contributed by atoms with Gasteiger partial charge in [0.25, 0.3) is 0 Å². The van der Waals surface area contributed by atoms with Crippen LogP contribution in [-0.2, 0) is 0 Å². The van der Waals surface area contributed by atoms with Gasteiger partial charge in [-0.3, -0.25) is 0 Å². The summed E-state index contributed by atoms with van der Waals surface area (Å²) in [5, 5.41) is 8.63. The van der Waals surface area contributed by atoms with Crippen LogP contribution in [0.3, 0.4) is 0 Å². The predicted molar refractivity (Wildman–Crippen MR) is 37.3 cm³/mol. The molecule has 32 valence electrons. The molecule has 4 heteroatoms. The van der Waals surface area contributed by atoms with Gasteiger partial charge in [0.1, 0.15) is 5.40 Å². The van der Waals surface area contributed by atoms with E-state index < -0.39 is 0 Å². The Labute approximate surface area is 59.6 Å². The number of nitriles is 1. The minimum Gasteiger partial charge on any atom is -0.185 e. The third-order valence-electron chi connectivity index (χ3n) is 0. The topological polar surface area (TPSA) is 23.8 Å². The fourth-order valence-electron chi connectivity index (χ4n) is 0. The highest BCUT2D eigenvalue weighted by Crippen LogP contribution is 1.46. The lowest BCUT2D eigenvalue weighted by atomic mass is 11.8. The van der Waals surface area contributed by atoms with Crippen molar-refractivity contribution in [3.05, 3.63) is 0 Å². The van der Waals surface area contributed by atoms with Crippen LogP contribution in [0.15, 0.2) is 0 Å². The summed E-state index contributed by atoms with van der Waals surface area (Å²) < 4.78 is 0. The van der Waals surface area contributed by atoms with Crippen molar-refractivity contribution in [2.24, 2.45) is 0 Å². The fraction of sp³-hybridized carbons (Fsp3) is 0. The van der Waals surface area contributed by atoms with Crippen molar-refractivity contribution in [2.75, 3.05) is 0 Å². The largest absolute Gasteiger partial charge is 0.185 e. The van der Waals surface area contributed by atoms with Crippen molar-refractivity contribution in [2.45, 2.75) is 0 Å². The molecule has 0 aliphatic heterocycles. The Hall–Kier alpha value is 0.860. The van der Waals surface area contributed by atoms with Crippen LogP contribution in [0, 0.1) is 10.7 Å². The molecule has 0 rings (SSSR count). The van der Waals surface area contributed by atoms with E-state index in [1.807, 2.05) is 0 Å². The monoisotopic (exact) mass is 223 g/mol. The molecule has 0 heterocycles. The number of thiocyanates is 1. The number of hydrogen-bond acceptors (Lipinski definition) is 2. The smallest absolute Gasteiger partial charge is 0.130 e. The summed E-state index contributed by atoms with van der Waals surface area (Å²) in [5.41, 5.74) is 0. The van der Waals surface area contributed by atoms with Crippen molar-refractivity contribution in [3.8, 4) is 5.40 Å². The Morgan fingerprint density at radius 1 is 1.60 bits per heavy atom. The predicted octanol–water partition coefficient (Wildman–Crippen LogP) is 1.44. The molecule has 0 atom stereocenters. The van der Waals surface area contributed by atoms with Crippen LogP contribution in [0.1, 0.15) is 0 Å². The van der Waals surface area contributed by atoms with E-state index >= 15 is 0 Å². The Bertz CT molecular complexity index is 33.1. The number of halogens is 2. The van der Waals surface area contributed by atoms with Crippen LogP contribution in [0.4, 0.5) is 0 Å². The first-order valence-electron chi connectivity index (χ1n) is 0.447. The van der Waals surface area contributed by atoms with Crippen molar-refractivity contribution >= 4 is 49.0 Å². The first-order valence-corrected chi connectivity index (χ1v) is 0.894. The summed E-state index contributed by atoms with van der Waals surface area (Å²) in [6.45, 7) is 0. The van der Waals surface area contributed by atoms with E-state index in [0.29, 0.717) is 0 Å². The second-order valence-corrected chi connectivity index (χ2v) is 0.300. The highest BCUT2D eigenvalue weighted by molar-refractivity contribution is 14.0. The minimum absolute atomic E-state index is 0. The molecule has 0 unspecified atom stereocenters. The van der Waals surface area contributed by atoms with Gasteiger partial charge in [0.15, 0.2) is 0 Å². The molecule has 0 aromatic rings. The minimum atomic E-state index is 0. The van der Waals surface area contributed by atoms with E-state index in [9.17, 15) is 0 Å². The van der Waals surface area contributed by atoms with E-state index in [4.69, 9.17) is 5.26 Å². The Morgan fingerprint density at radius 3 is 1.60 bits per heavy atom. The molecule has 0 aromatic heterocycles. The van der Waals surface area contributed by atoms with E-state index in [1.165, 1.54) is 5.40 Å². The molecule has 0 aliphatic rings. The fourth-order valence-corrected chi connectivity index (χ4v) is 0. The number of hydrogen-bond donors (Lipinski definition) is 1. The molecule has 0 amide bonds. The maximum absolute atomic E-state index is 7.18. The van der Waals surface area contributed by atoms with E-state index in [1.54, 1.807) is 0 Å². The van der Waals surface area contributed by atoms with Crippen molar-refractivity contribution in [3.63, 3.8) is 0 Å². The van der Waals surface area contributed by atoms with Crippen LogP contribution < -0.4 is 0 Å². The Kier molecular flexibility index (Phi) is 70.8. The summed E-state index contributed by atoms with van der Waals surface area (Å²) in [6.07, 6.45) is 0. The molecule has 0 saturated heterocycles. The molecule has 5 heavy (non-hydrogen) atoms. The molecule has 0 bridgehead atoms. The first kappa shape index (κ1) is 16.9. The van der Waals surface area contributed by atoms with Crippen LogP contribution in [0.2, 0.25) is 0 Å². The van der Waals surface area contributed by atoms with Gasteiger partial charge in [0.05, 0.1) is 0 Å². The zero-order chi connectivity index (χ0) is 2.71. The molecule has 0 radical (unpaired) electrons. The second kappa shape index (κ2) is 20.9. The van der Waals surface area contributed by atoms with Gasteiger partial charge in [0, 0.05) is 0 Å². The SMILES string of the molecule is Cl.I.N#CS. The van der Waals surface area contributed by atoms with Gasteiger partial charge in [-0.25, -0.2) is 0 Å². The van der Waals surface area contributed by atoms with Gasteiger partial charge in [-0.1, -0.05) is 12.6 Å². The van der Waals surface area contributed by atoms with Crippen LogP contribution >= 0.6 is 49.0 Å². The average Bonchev–Trinajstić information content (AvgIpc) is 0.918. The summed E-state index contributed by atoms with van der Waals surface area (Å²) >= 11 is 3.09. The molecule has 0 N–H and O–H groups in total. The van der Waals surface area contributed by atoms with Gasteiger partial charge >= 0.3 is 0 Å². The number of rotatable bonds is 0. The van der Waals surface area contributed by atoms with Crippen molar-refractivity contribution in [1.29, 1.82) is 5.26 Å². The lowest BCUT2D eigenvalue weighted by molar-refractivity contribution is 1.57. The summed E-state index contributed by atoms with van der Waals surface area (Å²) in [6, 6.07) is 0. The van der Waals surface area contributed by atoms with Crippen LogP contribution in [-0.4, -0.2) is 0 Å². The van der Waals surface area contributed by atoms with Crippen molar-refractivity contribution < 1.29 is 0 Å². The lowest BCUT2D eigenvalue weighted by Crippen LogP contribution is -0.961. The van der Waals surface area contributed by atoms with Gasteiger partial charge < -0.3 is 0 Å². The van der Waals surface area contributed by atoms with E-state index in [-0.39, 0.29) is 36.4 Å². The first-order chi connectivity index (χ1) is 1.41. The zero-order valence-electron chi connectivity index (χ0n) is 2.21. The molecule has 0 aromatic carbocycles. The second-order valence-electron chi connectivity index (χ2n) is 0.100. The molecule has 0 spiro atoms. The third kappa shape index (κ3) is 53.7. The zero-order valence-corrected chi connectivity index (χ0v) is 6.25. The number of nitrogens with zero attached hydrogens (tertiary/aromatic N) is 1. The third-order valence-corrected chi connectivity index (χ3v) is 0. The molecular formula is CH3ClINS.